The minimum atomic E-state index is -0.375. The fourth-order valence-electron chi connectivity index (χ4n) is 1.75. The molecule has 1 aromatic heterocycles. The number of Topliss-reactive ketones (excluding diaryl/α,β-unsaturated/α-hetero) is 1. The molecule has 0 unspecified atom stereocenters. The molecule has 2 heteroatoms. The topological polar surface area (TPSA) is 30.2 Å². The molecule has 0 saturated carbocycles. The van der Waals surface area contributed by atoms with Crippen molar-refractivity contribution in [1.82, 2.24) is 0 Å². The molecule has 1 heterocycles. The quantitative estimate of drug-likeness (QED) is 0.722. The lowest BCUT2D eigenvalue weighted by Crippen LogP contribution is -2.20. The summed E-state index contributed by atoms with van der Waals surface area (Å²) in [4.78, 5) is 12.4. The summed E-state index contributed by atoms with van der Waals surface area (Å²) in [6.45, 7) is 5.80. The Kier molecular flexibility index (Phi) is 2.88. The number of furan rings is 1. The average Bonchev–Trinajstić information content (AvgIpc) is 2.80. The number of carbonyl (C=O) groups is 1. The van der Waals surface area contributed by atoms with Gasteiger partial charge in [0, 0.05) is 16.5 Å². The SMILES string of the molecule is CC(C)(C)C(=O)c1ccccc1-c1ccoc1. The summed E-state index contributed by atoms with van der Waals surface area (Å²) < 4.78 is 5.08. The Bertz CT molecular complexity index is 516. The molecule has 0 aliphatic carbocycles. The maximum Gasteiger partial charge on any atom is 0.168 e. The second-order valence-corrected chi connectivity index (χ2v) is 5.14. The summed E-state index contributed by atoms with van der Waals surface area (Å²) in [5.41, 5.74) is 2.25. The summed E-state index contributed by atoms with van der Waals surface area (Å²) in [6, 6.07) is 9.51. The average molecular weight is 228 g/mol. The highest BCUT2D eigenvalue weighted by molar-refractivity contribution is 6.05. The van der Waals surface area contributed by atoms with E-state index in [0.717, 1.165) is 16.7 Å². The predicted molar refractivity (Wildman–Crippen MR) is 67.9 cm³/mol. The third-order valence-corrected chi connectivity index (χ3v) is 2.69. The molecule has 0 saturated heterocycles. The first kappa shape index (κ1) is 11.6. The smallest absolute Gasteiger partial charge is 0.168 e. The fraction of sp³-hybridized carbons (Fsp3) is 0.267. The van der Waals surface area contributed by atoms with Crippen LogP contribution in [0.2, 0.25) is 0 Å². The van der Waals surface area contributed by atoms with Crippen LogP contribution in [0.5, 0.6) is 0 Å². The van der Waals surface area contributed by atoms with Crippen LogP contribution in [0.4, 0.5) is 0 Å². The molecule has 0 bridgehead atoms. The van der Waals surface area contributed by atoms with E-state index in [-0.39, 0.29) is 11.2 Å². The number of carbonyl (C=O) groups excluding carboxylic acids is 1. The minimum absolute atomic E-state index is 0.148. The van der Waals surface area contributed by atoms with Gasteiger partial charge in [-0.05, 0) is 11.6 Å². The Balaban J connectivity index is 2.53. The lowest BCUT2D eigenvalue weighted by atomic mass is 9.84. The molecule has 2 rings (SSSR count). The number of hydrogen-bond donors (Lipinski definition) is 0. The Morgan fingerprint density at radius 2 is 1.82 bits per heavy atom. The third-order valence-electron chi connectivity index (χ3n) is 2.69. The highest BCUT2D eigenvalue weighted by atomic mass is 16.3. The Hall–Kier alpha value is -1.83. The molecule has 0 amide bonds. The molecule has 0 spiro atoms. The Morgan fingerprint density at radius 3 is 2.41 bits per heavy atom. The van der Waals surface area contributed by atoms with E-state index in [0.29, 0.717) is 0 Å². The van der Waals surface area contributed by atoms with E-state index in [9.17, 15) is 4.79 Å². The molecule has 0 aliphatic heterocycles. The molecular weight excluding hydrogens is 212 g/mol. The van der Waals surface area contributed by atoms with E-state index in [4.69, 9.17) is 4.42 Å². The maximum atomic E-state index is 12.4. The first-order valence-electron chi connectivity index (χ1n) is 5.66. The molecule has 17 heavy (non-hydrogen) atoms. The van der Waals surface area contributed by atoms with Crippen molar-refractivity contribution in [2.45, 2.75) is 20.8 Å². The van der Waals surface area contributed by atoms with Crippen LogP contribution in [0.25, 0.3) is 11.1 Å². The normalized spacial score (nSPS) is 11.5. The summed E-state index contributed by atoms with van der Waals surface area (Å²) in [5, 5.41) is 0. The van der Waals surface area contributed by atoms with Crippen molar-refractivity contribution < 1.29 is 9.21 Å². The van der Waals surface area contributed by atoms with Gasteiger partial charge in [0.2, 0.25) is 0 Å². The number of benzene rings is 1. The van der Waals surface area contributed by atoms with Gasteiger partial charge < -0.3 is 4.42 Å². The van der Waals surface area contributed by atoms with Gasteiger partial charge in [0.15, 0.2) is 5.78 Å². The van der Waals surface area contributed by atoms with E-state index in [1.165, 1.54) is 0 Å². The molecule has 0 fully saturated rings. The standard InChI is InChI=1S/C15H16O2/c1-15(2,3)14(16)13-7-5-4-6-12(13)11-8-9-17-10-11/h4-10H,1-3H3. The Morgan fingerprint density at radius 1 is 1.12 bits per heavy atom. The molecule has 2 aromatic rings. The number of ketones is 1. The molecule has 2 nitrogen and oxygen atoms in total. The van der Waals surface area contributed by atoms with Gasteiger partial charge in [0.25, 0.3) is 0 Å². The van der Waals surface area contributed by atoms with Gasteiger partial charge in [-0.3, -0.25) is 4.79 Å². The van der Waals surface area contributed by atoms with Crippen LogP contribution < -0.4 is 0 Å². The summed E-state index contributed by atoms with van der Waals surface area (Å²) in [6.07, 6.45) is 3.28. The summed E-state index contributed by atoms with van der Waals surface area (Å²) in [5.74, 6) is 0.148. The van der Waals surface area contributed by atoms with Gasteiger partial charge >= 0.3 is 0 Å². The molecule has 88 valence electrons. The van der Waals surface area contributed by atoms with Gasteiger partial charge in [0.05, 0.1) is 12.5 Å². The first-order chi connectivity index (χ1) is 8.00. The van der Waals surface area contributed by atoms with Gasteiger partial charge in [-0.1, -0.05) is 45.0 Å². The molecule has 0 aliphatic rings. The Labute approximate surface area is 101 Å². The van der Waals surface area contributed by atoms with Crippen LogP contribution in [0, 0.1) is 5.41 Å². The van der Waals surface area contributed by atoms with Crippen molar-refractivity contribution in [3.05, 3.63) is 48.4 Å². The molecule has 0 radical (unpaired) electrons. The van der Waals surface area contributed by atoms with Crippen LogP contribution >= 0.6 is 0 Å². The van der Waals surface area contributed by atoms with Crippen LogP contribution in [-0.2, 0) is 0 Å². The van der Waals surface area contributed by atoms with Crippen molar-refractivity contribution in [1.29, 1.82) is 0 Å². The van der Waals surface area contributed by atoms with E-state index in [1.807, 2.05) is 51.1 Å². The van der Waals surface area contributed by atoms with E-state index < -0.39 is 0 Å². The zero-order chi connectivity index (χ0) is 12.5. The fourth-order valence-corrected chi connectivity index (χ4v) is 1.75. The van der Waals surface area contributed by atoms with Gasteiger partial charge in [-0.15, -0.1) is 0 Å². The van der Waals surface area contributed by atoms with Crippen LogP contribution in [0.1, 0.15) is 31.1 Å². The highest BCUT2D eigenvalue weighted by Crippen LogP contribution is 2.29. The minimum Gasteiger partial charge on any atom is -0.472 e. The highest BCUT2D eigenvalue weighted by Gasteiger charge is 2.25. The molecule has 0 N–H and O–H groups in total. The van der Waals surface area contributed by atoms with Crippen molar-refractivity contribution in [3.8, 4) is 11.1 Å². The van der Waals surface area contributed by atoms with Crippen LogP contribution in [-0.4, -0.2) is 5.78 Å². The number of rotatable bonds is 2. The monoisotopic (exact) mass is 228 g/mol. The van der Waals surface area contributed by atoms with Crippen molar-refractivity contribution in [2.24, 2.45) is 5.41 Å². The molecular formula is C15H16O2. The first-order valence-corrected chi connectivity index (χ1v) is 5.66. The van der Waals surface area contributed by atoms with Crippen LogP contribution in [0.15, 0.2) is 47.3 Å². The van der Waals surface area contributed by atoms with Crippen molar-refractivity contribution in [3.63, 3.8) is 0 Å². The maximum absolute atomic E-state index is 12.4. The lowest BCUT2D eigenvalue weighted by Gasteiger charge is -2.18. The van der Waals surface area contributed by atoms with Crippen molar-refractivity contribution in [2.75, 3.05) is 0 Å². The number of hydrogen-bond acceptors (Lipinski definition) is 2. The zero-order valence-corrected chi connectivity index (χ0v) is 10.4. The lowest BCUT2D eigenvalue weighted by molar-refractivity contribution is 0.0859. The molecule has 1 aromatic carbocycles. The van der Waals surface area contributed by atoms with E-state index >= 15 is 0 Å². The van der Waals surface area contributed by atoms with Gasteiger partial charge in [0.1, 0.15) is 0 Å². The van der Waals surface area contributed by atoms with Gasteiger partial charge in [-0.25, -0.2) is 0 Å². The second-order valence-electron chi connectivity index (χ2n) is 5.14. The third kappa shape index (κ3) is 2.31. The second kappa shape index (κ2) is 4.21. The van der Waals surface area contributed by atoms with Crippen molar-refractivity contribution >= 4 is 5.78 Å². The molecule has 0 atom stereocenters. The summed E-state index contributed by atoms with van der Waals surface area (Å²) in [7, 11) is 0. The zero-order valence-electron chi connectivity index (χ0n) is 10.4. The predicted octanol–water partition coefficient (Wildman–Crippen LogP) is 4.18. The summed E-state index contributed by atoms with van der Waals surface area (Å²) >= 11 is 0. The van der Waals surface area contributed by atoms with E-state index in [1.54, 1.807) is 12.5 Å². The largest absolute Gasteiger partial charge is 0.472 e. The van der Waals surface area contributed by atoms with E-state index in [2.05, 4.69) is 0 Å². The van der Waals surface area contributed by atoms with Crippen LogP contribution in [0.3, 0.4) is 0 Å². The van der Waals surface area contributed by atoms with Gasteiger partial charge in [-0.2, -0.15) is 0 Å².